The van der Waals surface area contributed by atoms with Crippen molar-refractivity contribution < 1.29 is 9.53 Å². The third kappa shape index (κ3) is 4.36. The van der Waals surface area contributed by atoms with Gasteiger partial charge >= 0.3 is 0 Å². The van der Waals surface area contributed by atoms with Crippen molar-refractivity contribution in [3.05, 3.63) is 54.1 Å². The summed E-state index contributed by atoms with van der Waals surface area (Å²) in [6.07, 6.45) is 1.78. The van der Waals surface area contributed by atoms with Crippen LogP contribution in [0.4, 0.5) is 5.69 Å². The van der Waals surface area contributed by atoms with Gasteiger partial charge in [0.05, 0.1) is 0 Å². The number of carbonyl (C=O) groups is 1. The molecule has 24 heavy (non-hydrogen) atoms. The second kappa shape index (κ2) is 7.49. The lowest BCUT2D eigenvalue weighted by molar-refractivity contribution is -0.120. The SMILES string of the molecule is Cc1cccc(Oc2ccc(NC(=O)[C@H]3CCN[C@@H](C)C3)cc2)c1. The summed E-state index contributed by atoms with van der Waals surface area (Å²) in [6, 6.07) is 15.9. The maximum absolute atomic E-state index is 12.4. The van der Waals surface area contributed by atoms with E-state index in [1.54, 1.807) is 0 Å². The van der Waals surface area contributed by atoms with Crippen LogP contribution in [-0.2, 0) is 4.79 Å². The number of anilines is 1. The fourth-order valence-corrected chi connectivity index (χ4v) is 3.04. The molecule has 2 aromatic carbocycles. The summed E-state index contributed by atoms with van der Waals surface area (Å²) in [5.41, 5.74) is 1.97. The van der Waals surface area contributed by atoms with Crippen LogP contribution in [0.5, 0.6) is 11.5 Å². The first-order valence-electron chi connectivity index (χ1n) is 8.49. The minimum absolute atomic E-state index is 0.0875. The molecule has 126 valence electrons. The third-order valence-corrected chi connectivity index (χ3v) is 4.34. The second-order valence-electron chi connectivity index (χ2n) is 6.51. The average Bonchev–Trinajstić information content (AvgIpc) is 2.57. The number of aryl methyl sites for hydroxylation is 1. The van der Waals surface area contributed by atoms with E-state index in [9.17, 15) is 4.79 Å². The first-order valence-corrected chi connectivity index (χ1v) is 8.49. The van der Waals surface area contributed by atoms with Gasteiger partial charge in [-0.25, -0.2) is 0 Å². The van der Waals surface area contributed by atoms with Gasteiger partial charge in [-0.05, 0) is 75.2 Å². The molecule has 4 heteroatoms. The molecule has 2 N–H and O–H groups in total. The van der Waals surface area contributed by atoms with Gasteiger partial charge in [0, 0.05) is 17.6 Å². The van der Waals surface area contributed by atoms with Gasteiger partial charge in [0.25, 0.3) is 0 Å². The van der Waals surface area contributed by atoms with E-state index in [1.165, 1.54) is 0 Å². The minimum Gasteiger partial charge on any atom is -0.457 e. The predicted molar refractivity (Wildman–Crippen MR) is 96.5 cm³/mol. The molecule has 0 aliphatic carbocycles. The minimum atomic E-state index is 0.0875. The fourth-order valence-electron chi connectivity index (χ4n) is 3.04. The number of carbonyl (C=O) groups excluding carboxylic acids is 1. The first-order chi connectivity index (χ1) is 11.6. The van der Waals surface area contributed by atoms with Crippen LogP contribution < -0.4 is 15.4 Å². The summed E-state index contributed by atoms with van der Waals surface area (Å²) in [7, 11) is 0. The molecule has 1 aliphatic heterocycles. The molecule has 0 aromatic heterocycles. The highest BCUT2D eigenvalue weighted by Gasteiger charge is 2.24. The zero-order valence-corrected chi connectivity index (χ0v) is 14.2. The van der Waals surface area contributed by atoms with Gasteiger partial charge in [0.2, 0.25) is 5.91 Å². The maximum atomic E-state index is 12.4. The molecule has 0 radical (unpaired) electrons. The number of hydrogen-bond acceptors (Lipinski definition) is 3. The molecular weight excluding hydrogens is 300 g/mol. The van der Waals surface area contributed by atoms with Crippen LogP contribution in [0.25, 0.3) is 0 Å². The smallest absolute Gasteiger partial charge is 0.227 e. The molecule has 4 nitrogen and oxygen atoms in total. The summed E-state index contributed by atoms with van der Waals surface area (Å²) >= 11 is 0. The molecule has 1 saturated heterocycles. The summed E-state index contributed by atoms with van der Waals surface area (Å²) < 4.78 is 5.83. The van der Waals surface area contributed by atoms with E-state index in [0.717, 1.165) is 42.1 Å². The highest BCUT2D eigenvalue weighted by molar-refractivity contribution is 5.92. The van der Waals surface area contributed by atoms with E-state index < -0.39 is 0 Å². The van der Waals surface area contributed by atoms with Crippen LogP contribution in [0, 0.1) is 12.8 Å². The molecular formula is C20H24N2O2. The van der Waals surface area contributed by atoms with Crippen molar-refractivity contribution in [1.29, 1.82) is 0 Å². The molecule has 1 fully saturated rings. The van der Waals surface area contributed by atoms with Gasteiger partial charge in [-0.15, -0.1) is 0 Å². The van der Waals surface area contributed by atoms with Crippen molar-refractivity contribution in [3.63, 3.8) is 0 Å². The monoisotopic (exact) mass is 324 g/mol. The quantitative estimate of drug-likeness (QED) is 0.889. The molecule has 1 amide bonds. The maximum Gasteiger partial charge on any atom is 0.227 e. The zero-order chi connectivity index (χ0) is 16.9. The Labute approximate surface area is 143 Å². The normalized spacial score (nSPS) is 20.4. The summed E-state index contributed by atoms with van der Waals surface area (Å²) in [6.45, 7) is 5.06. The van der Waals surface area contributed by atoms with E-state index >= 15 is 0 Å². The van der Waals surface area contributed by atoms with Crippen molar-refractivity contribution in [2.24, 2.45) is 5.92 Å². The molecule has 1 heterocycles. The first kappa shape index (κ1) is 16.5. The van der Waals surface area contributed by atoms with Crippen LogP contribution in [0.1, 0.15) is 25.3 Å². The zero-order valence-electron chi connectivity index (χ0n) is 14.2. The number of amides is 1. The topological polar surface area (TPSA) is 50.4 Å². The van der Waals surface area contributed by atoms with Crippen LogP contribution in [0.2, 0.25) is 0 Å². The van der Waals surface area contributed by atoms with Gasteiger partial charge in [0.1, 0.15) is 11.5 Å². The summed E-state index contributed by atoms with van der Waals surface area (Å²) in [4.78, 5) is 12.4. The Hall–Kier alpha value is -2.33. The molecule has 1 aliphatic rings. The molecule has 0 bridgehead atoms. The Balaban J connectivity index is 1.59. The summed E-state index contributed by atoms with van der Waals surface area (Å²) in [5.74, 6) is 1.77. The van der Waals surface area contributed by atoms with Crippen molar-refractivity contribution in [1.82, 2.24) is 5.32 Å². The van der Waals surface area contributed by atoms with Crippen LogP contribution in [0.15, 0.2) is 48.5 Å². The number of benzene rings is 2. The lowest BCUT2D eigenvalue weighted by atomic mass is 9.92. The summed E-state index contributed by atoms with van der Waals surface area (Å²) in [5, 5.41) is 6.38. The van der Waals surface area contributed by atoms with Crippen molar-refractivity contribution >= 4 is 11.6 Å². The number of ether oxygens (including phenoxy) is 1. The van der Waals surface area contributed by atoms with Crippen molar-refractivity contribution in [2.45, 2.75) is 32.7 Å². The van der Waals surface area contributed by atoms with E-state index in [-0.39, 0.29) is 11.8 Å². The van der Waals surface area contributed by atoms with E-state index in [2.05, 4.69) is 17.6 Å². The number of rotatable bonds is 4. The third-order valence-electron chi connectivity index (χ3n) is 4.34. The lowest BCUT2D eigenvalue weighted by Crippen LogP contribution is -2.40. The van der Waals surface area contributed by atoms with Crippen molar-refractivity contribution in [2.75, 3.05) is 11.9 Å². The van der Waals surface area contributed by atoms with E-state index in [4.69, 9.17) is 4.74 Å². The van der Waals surface area contributed by atoms with Crippen LogP contribution in [-0.4, -0.2) is 18.5 Å². The Bertz CT molecular complexity index is 697. The lowest BCUT2D eigenvalue weighted by Gasteiger charge is -2.27. The van der Waals surface area contributed by atoms with Gasteiger partial charge < -0.3 is 15.4 Å². The second-order valence-corrected chi connectivity index (χ2v) is 6.51. The Morgan fingerprint density at radius 3 is 2.67 bits per heavy atom. The Morgan fingerprint density at radius 2 is 1.96 bits per heavy atom. The molecule has 2 atom stereocenters. The molecule has 2 aromatic rings. The highest BCUT2D eigenvalue weighted by Crippen LogP contribution is 2.24. The molecule has 0 saturated carbocycles. The Kier molecular flexibility index (Phi) is 5.16. The van der Waals surface area contributed by atoms with Gasteiger partial charge in [0.15, 0.2) is 0 Å². The molecule has 0 unspecified atom stereocenters. The molecule has 0 spiro atoms. The molecule has 3 rings (SSSR count). The van der Waals surface area contributed by atoms with Crippen LogP contribution in [0.3, 0.4) is 0 Å². The predicted octanol–water partition coefficient (Wildman–Crippen LogP) is 4.11. The van der Waals surface area contributed by atoms with Gasteiger partial charge in [-0.3, -0.25) is 4.79 Å². The number of piperidine rings is 1. The van der Waals surface area contributed by atoms with Gasteiger partial charge in [-0.2, -0.15) is 0 Å². The van der Waals surface area contributed by atoms with Gasteiger partial charge in [-0.1, -0.05) is 12.1 Å². The van der Waals surface area contributed by atoms with E-state index in [1.807, 2.05) is 55.5 Å². The largest absolute Gasteiger partial charge is 0.457 e. The highest BCUT2D eigenvalue weighted by atomic mass is 16.5. The van der Waals surface area contributed by atoms with Crippen molar-refractivity contribution in [3.8, 4) is 11.5 Å². The average molecular weight is 324 g/mol. The standard InChI is InChI=1S/C20H24N2O2/c1-14-4-3-5-19(12-14)24-18-8-6-17(7-9-18)22-20(23)16-10-11-21-15(2)13-16/h3-9,12,15-16,21H,10-11,13H2,1-2H3,(H,22,23)/t15-,16-/m0/s1. The van der Waals surface area contributed by atoms with E-state index in [0.29, 0.717) is 6.04 Å². The number of nitrogens with one attached hydrogen (secondary N) is 2. The fraction of sp³-hybridized carbons (Fsp3) is 0.350. The Morgan fingerprint density at radius 1 is 1.17 bits per heavy atom. The van der Waals surface area contributed by atoms with Crippen LogP contribution >= 0.6 is 0 Å². The number of hydrogen-bond donors (Lipinski definition) is 2.